The van der Waals surface area contributed by atoms with Gasteiger partial charge in [0.2, 0.25) is 12.6 Å². The number of aryl methyl sites for hydroxylation is 1. The lowest BCUT2D eigenvalue weighted by atomic mass is 9.77. The summed E-state index contributed by atoms with van der Waals surface area (Å²) in [4.78, 5) is 32.3. The molecular weight excluding hydrogens is 844 g/mol. The molecule has 0 unspecified atom stereocenters. The van der Waals surface area contributed by atoms with Gasteiger partial charge in [0.15, 0.2) is 16.4 Å². The van der Waals surface area contributed by atoms with Gasteiger partial charge in [0.1, 0.15) is 5.82 Å². The Kier molecular flexibility index (Phi) is 11.3. The SMILES string of the molecule is CCc1nc(Cl)c(C(=O)OCOC(=O)C(C)(C)C)n1Cc1c2ccocc-2c(Br)c1-c1ccccc1-c1nnn(C(c2ccccc2)(c2ccccc2)c2ccccc2)n1. The van der Waals surface area contributed by atoms with Crippen molar-refractivity contribution in [3.05, 3.63) is 177 Å². The Morgan fingerprint density at radius 1 is 0.767 bits per heavy atom. The molecule has 1 aliphatic carbocycles. The zero-order valence-corrected chi connectivity index (χ0v) is 35.6. The molecule has 0 fully saturated rings. The van der Waals surface area contributed by atoms with Crippen molar-refractivity contribution in [1.82, 2.24) is 29.8 Å². The molecular formula is C47H40BrClN6O5. The molecule has 11 nitrogen and oxygen atoms in total. The number of carbonyl (C=O) groups excluding carboxylic acids is 2. The molecule has 2 aliphatic rings. The summed E-state index contributed by atoms with van der Waals surface area (Å²) in [6.45, 7) is 6.67. The molecule has 0 spiro atoms. The zero-order chi connectivity index (χ0) is 42.0. The molecule has 0 amide bonds. The lowest BCUT2D eigenvalue weighted by Crippen LogP contribution is -2.39. The average molecular weight is 884 g/mol. The molecule has 302 valence electrons. The van der Waals surface area contributed by atoms with Gasteiger partial charge in [-0.05, 0) is 81.4 Å². The highest BCUT2D eigenvalue weighted by Crippen LogP contribution is 2.49. The van der Waals surface area contributed by atoms with Crippen LogP contribution in [0.3, 0.4) is 0 Å². The van der Waals surface area contributed by atoms with Gasteiger partial charge >= 0.3 is 11.9 Å². The van der Waals surface area contributed by atoms with Crippen molar-refractivity contribution >= 4 is 39.5 Å². The molecule has 8 rings (SSSR count). The van der Waals surface area contributed by atoms with Gasteiger partial charge in [-0.2, -0.15) is 0 Å². The summed E-state index contributed by atoms with van der Waals surface area (Å²) in [6.07, 6.45) is 3.75. The van der Waals surface area contributed by atoms with Crippen LogP contribution >= 0.6 is 27.5 Å². The van der Waals surface area contributed by atoms with Crippen molar-refractivity contribution in [2.45, 2.75) is 46.2 Å². The minimum absolute atomic E-state index is 0.0228. The number of halogens is 2. The van der Waals surface area contributed by atoms with Gasteiger partial charge in [0.25, 0.3) is 0 Å². The van der Waals surface area contributed by atoms with Gasteiger partial charge in [-0.15, -0.1) is 15.0 Å². The topological polar surface area (TPSA) is 127 Å². The maximum absolute atomic E-state index is 13.7. The monoisotopic (exact) mass is 882 g/mol. The first-order chi connectivity index (χ1) is 29.0. The fraction of sp³-hybridized carbons (Fsp3) is 0.191. The molecule has 4 aromatic carbocycles. The third kappa shape index (κ3) is 7.30. The Morgan fingerprint density at radius 3 is 1.93 bits per heavy atom. The van der Waals surface area contributed by atoms with Crippen LogP contribution in [0.2, 0.25) is 5.15 Å². The molecule has 0 saturated carbocycles. The standard InChI is InChI=1S/C47H40BrClN6O5/c1-5-38-50-42(49)41(44(56)59-29-60-45(57)46(2,3)4)54(38)27-36-33-25-26-58-28-37(33)40(48)39(36)34-23-15-16-24-35(34)43-51-53-55(52-43)47(30-17-9-6-10-18-30,31-19-11-7-12-20-31)32-21-13-8-14-22-32/h6-26,28H,5,27,29H2,1-4H3. The summed E-state index contributed by atoms with van der Waals surface area (Å²) in [5.41, 5.74) is 6.06. The van der Waals surface area contributed by atoms with Crippen molar-refractivity contribution in [3.8, 4) is 33.6 Å². The van der Waals surface area contributed by atoms with Crippen molar-refractivity contribution in [2.75, 3.05) is 6.79 Å². The van der Waals surface area contributed by atoms with Gasteiger partial charge in [-0.25, -0.2) is 9.78 Å². The number of aromatic nitrogens is 6. The molecule has 1 aliphatic heterocycles. The molecule has 6 aromatic rings. The van der Waals surface area contributed by atoms with Crippen LogP contribution < -0.4 is 0 Å². The predicted molar refractivity (Wildman–Crippen MR) is 231 cm³/mol. The fourth-order valence-electron chi connectivity index (χ4n) is 7.57. The number of esters is 2. The van der Waals surface area contributed by atoms with E-state index in [0.717, 1.165) is 54.5 Å². The second kappa shape index (κ2) is 16.7. The van der Waals surface area contributed by atoms with Crippen LogP contribution in [0.15, 0.2) is 143 Å². The van der Waals surface area contributed by atoms with Crippen molar-refractivity contribution in [3.63, 3.8) is 0 Å². The van der Waals surface area contributed by atoms with Gasteiger partial charge < -0.3 is 18.5 Å². The number of ether oxygens (including phenoxy) is 2. The number of benzene rings is 4. The number of nitrogens with zero attached hydrogens (tertiary/aromatic N) is 6. The van der Waals surface area contributed by atoms with Crippen molar-refractivity contribution in [1.29, 1.82) is 0 Å². The third-order valence-electron chi connectivity index (χ3n) is 10.4. The smallest absolute Gasteiger partial charge is 0.361 e. The normalized spacial score (nSPS) is 11.8. The van der Waals surface area contributed by atoms with E-state index in [4.69, 9.17) is 40.9 Å². The average Bonchev–Trinajstić information content (AvgIpc) is 3.96. The summed E-state index contributed by atoms with van der Waals surface area (Å²) in [5, 5.41) is 14.8. The summed E-state index contributed by atoms with van der Waals surface area (Å²) in [6, 6.07) is 40.3. The van der Waals surface area contributed by atoms with Gasteiger partial charge in [-0.3, -0.25) is 4.79 Å². The molecule has 3 heterocycles. The highest BCUT2D eigenvalue weighted by Gasteiger charge is 2.41. The number of fused-ring (bicyclic) bond motifs is 1. The minimum atomic E-state index is -0.973. The Labute approximate surface area is 360 Å². The molecule has 0 N–H and O–H groups in total. The maximum Gasteiger partial charge on any atom is 0.361 e. The lowest BCUT2D eigenvalue weighted by molar-refractivity contribution is -0.161. The van der Waals surface area contributed by atoms with E-state index in [0.29, 0.717) is 18.1 Å². The Balaban J connectivity index is 1.26. The Hall–Kier alpha value is -6.37. The quantitative estimate of drug-likeness (QED) is 0.0669. The van der Waals surface area contributed by atoms with E-state index < -0.39 is 29.7 Å². The Morgan fingerprint density at radius 2 is 1.35 bits per heavy atom. The van der Waals surface area contributed by atoms with Gasteiger partial charge in [0.05, 0.1) is 24.5 Å². The zero-order valence-electron chi connectivity index (χ0n) is 33.3. The number of hydrogen-bond acceptors (Lipinski definition) is 9. The molecule has 2 aromatic heterocycles. The van der Waals surface area contributed by atoms with E-state index in [1.165, 1.54) is 0 Å². The van der Waals surface area contributed by atoms with Gasteiger partial charge in [0, 0.05) is 27.6 Å². The van der Waals surface area contributed by atoms with Crippen molar-refractivity contribution in [2.24, 2.45) is 5.41 Å². The van der Waals surface area contributed by atoms with E-state index in [1.54, 1.807) is 42.7 Å². The fourth-order valence-corrected chi connectivity index (χ4v) is 8.61. The molecule has 0 atom stereocenters. The van der Waals surface area contributed by atoms with Crippen LogP contribution in [0.1, 0.15) is 66.3 Å². The second-order valence-corrected chi connectivity index (χ2v) is 16.3. The first-order valence-electron chi connectivity index (χ1n) is 19.4. The first kappa shape index (κ1) is 40.4. The summed E-state index contributed by atoms with van der Waals surface area (Å²) in [5.74, 6) is -0.320. The largest absolute Gasteiger partial charge is 0.472 e. The lowest BCUT2D eigenvalue weighted by Gasteiger charge is -2.34. The number of hydrogen-bond donors (Lipinski definition) is 0. The highest BCUT2D eigenvalue weighted by atomic mass is 79.9. The maximum atomic E-state index is 13.7. The molecule has 13 heteroatoms. The summed E-state index contributed by atoms with van der Waals surface area (Å²) in [7, 11) is 0. The number of imidazole rings is 1. The van der Waals surface area contributed by atoms with Crippen LogP contribution in [0.4, 0.5) is 0 Å². The van der Waals surface area contributed by atoms with E-state index in [9.17, 15) is 9.59 Å². The minimum Gasteiger partial charge on any atom is -0.472 e. The van der Waals surface area contributed by atoms with E-state index in [-0.39, 0.29) is 17.4 Å². The first-order valence-corrected chi connectivity index (χ1v) is 20.5. The number of rotatable bonds is 12. The molecule has 0 saturated heterocycles. The van der Waals surface area contributed by atoms with Crippen LogP contribution in [-0.4, -0.2) is 48.5 Å². The number of carbonyl (C=O) groups is 2. The summed E-state index contributed by atoms with van der Waals surface area (Å²) < 4.78 is 18.9. The molecule has 0 bridgehead atoms. The predicted octanol–water partition coefficient (Wildman–Crippen LogP) is 10.5. The van der Waals surface area contributed by atoms with Gasteiger partial charge in [-0.1, -0.05) is 134 Å². The molecule has 0 radical (unpaired) electrons. The van der Waals surface area contributed by atoms with E-state index >= 15 is 0 Å². The van der Waals surface area contributed by atoms with Crippen LogP contribution in [0.5, 0.6) is 0 Å². The summed E-state index contributed by atoms with van der Waals surface area (Å²) >= 11 is 10.6. The third-order valence-corrected chi connectivity index (χ3v) is 11.5. The Bertz CT molecular complexity index is 2660. The van der Waals surface area contributed by atoms with E-state index in [2.05, 4.69) is 57.3 Å². The highest BCUT2D eigenvalue weighted by molar-refractivity contribution is 9.10. The van der Waals surface area contributed by atoms with Crippen LogP contribution in [-0.2, 0) is 32.8 Å². The number of tetrazole rings is 1. The van der Waals surface area contributed by atoms with Crippen LogP contribution in [0.25, 0.3) is 33.6 Å². The van der Waals surface area contributed by atoms with Crippen molar-refractivity contribution < 1.29 is 23.5 Å². The van der Waals surface area contributed by atoms with Crippen LogP contribution in [0, 0.1) is 5.41 Å². The van der Waals surface area contributed by atoms with E-state index in [1.807, 2.05) is 91.9 Å². The molecule has 60 heavy (non-hydrogen) atoms. The second-order valence-electron chi connectivity index (χ2n) is 15.1.